The summed E-state index contributed by atoms with van der Waals surface area (Å²) in [5.41, 5.74) is 4.61. The van der Waals surface area contributed by atoms with Crippen molar-refractivity contribution in [2.75, 3.05) is 33.8 Å². The van der Waals surface area contributed by atoms with Gasteiger partial charge in [-0.2, -0.15) is 0 Å². The minimum atomic E-state index is -1.10. The number of carbonyl (C=O) groups excluding carboxylic acids is 2. The third-order valence-electron chi connectivity index (χ3n) is 6.38. The Kier molecular flexibility index (Phi) is 7.67. The van der Waals surface area contributed by atoms with Crippen LogP contribution in [0.4, 0.5) is 4.79 Å². The summed E-state index contributed by atoms with van der Waals surface area (Å²) in [5, 5.41) is 14.6. The number of nitrogens with zero attached hydrogens (tertiary/aromatic N) is 1. The predicted octanol–water partition coefficient (Wildman–Crippen LogP) is 2.20. The number of benzene rings is 2. The Bertz CT molecular complexity index is 1040. The van der Waals surface area contributed by atoms with Gasteiger partial charge in [0.1, 0.15) is 18.8 Å². The predicted molar refractivity (Wildman–Crippen MR) is 129 cm³/mol. The zero-order chi connectivity index (χ0) is 24.9. The monoisotopic (exact) mass is 481 g/mol. The zero-order valence-electron chi connectivity index (χ0n) is 19.9. The van der Waals surface area contributed by atoms with E-state index >= 15 is 0 Å². The number of nitrogens with one attached hydrogen (secondary N) is 2. The number of hydrogen-bond donors (Lipinski definition) is 3. The van der Waals surface area contributed by atoms with E-state index in [0.29, 0.717) is 12.8 Å². The van der Waals surface area contributed by atoms with Crippen molar-refractivity contribution in [3.63, 3.8) is 0 Å². The molecule has 3 N–H and O–H groups in total. The van der Waals surface area contributed by atoms with Crippen LogP contribution in [0, 0.1) is 0 Å². The van der Waals surface area contributed by atoms with Gasteiger partial charge in [0.2, 0.25) is 5.91 Å². The third kappa shape index (κ3) is 5.80. The van der Waals surface area contributed by atoms with Gasteiger partial charge in [-0.15, -0.1) is 0 Å². The van der Waals surface area contributed by atoms with E-state index in [2.05, 4.69) is 34.9 Å². The van der Waals surface area contributed by atoms with E-state index in [4.69, 9.17) is 9.47 Å². The number of alkyl carbamates (subject to hydrolysis) is 1. The summed E-state index contributed by atoms with van der Waals surface area (Å²) >= 11 is 0. The van der Waals surface area contributed by atoms with E-state index in [9.17, 15) is 19.5 Å². The molecule has 1 heterocycles. The van der Waals surface area contributed by atoms with Gasteiger partial charge in [-0.3, -0.25) is 4.79 Å². The number of likely N-dealkylation sites (N-methyl/N-ethyl adjacent to an activating group) is 1. The SMILES string of the molecule is CN(C)C[C@H](NC(=O)C1CCC(CNC(=O)OCC2c3ccccc3-c3ccccc32)O1)C(=O)O. The third-order valence-corrected chi connectivity index (χ3v) is 6.38. The van der Waals surface area contributed by atoms with Crippen LogP contribution in [0.1, 0.15) is 29.9 Å². The van der Waals surface area contributed by atoms with Crippen molar-refractivity contribution in [2.45, 2.75) is 37.0 Å². The molecule has 2 amide bonds. The molecule has 2 aromatic carbocycles. The standard InChI is InChI=1S/C26H31N3O6/c1-29(2)14-22(25(31)32)28-24(30)23-12-11-16(35-23)13-27-26(33)34-15-21-19-9-5-3-7-17(19)18-8-4-6-10-20(18)21/h3-10,16,21-23H,11-15H2,1-2H3,(H,27,33)(H,28,30)(H,31,32)/t16?,22-,23?/m0/s1. The summed E-state index contributed by atoms with van der Waals surface area (Å²) in [7, 11) is 3.47. The van der Waals surface area contributed by atoms with Gasteiger partial charge in [-0.25, -0.2) is 9.59 Å². The van der Waals surface area contributed by atoms with Crippen molar-refractivity contribution < 1.29 is 29.0 Å². The highest BCUT2D eigenvalue weighted by Crippen LogP contribution is 2.44. The van der Waals surface area contributed by atoms with Crippen molar-refractivity contribution in [1.29, 1.82) is 0 Å². The van der Waals surface area contributed by atoms with E-state index < -0.39 is 30.1 Å². The van der Waals surface area contributed by atoms with E-state index in [-0.39, 0.29) is 31.7 Å². The van der Waals surface area contributed by atoms with Crippen LogP contribution in [0.2, 0.25) is 0 Å². The van der Waals surface area contributed by atoms with Crippen LogP contribution in [0.5, 0.6) is 0 Å². The van der Waals surface area contributed by atoms with Crippen molar-refractivity contribution in [1.82, 2.24) is 15.5 Å². The number of fused-ring (bicyclic) bond motifs is 3. The molecule has 3 atom stereocenters. The maximum absolute atomic E-state index is 12.4. The molecule has 0 aromatic heterocycles. The quantitative estimate of drug-likeness (QED) is 0.503. The number of carboxylic acids is 1. The minimum Gasteiger partial charge on any atom is -0.480 e. The Morgan fingerprint density at radius 3 is 2.29 bits per heavy atom. The molecule has 9 heteroatoms. The van der Waals surface area contributed by atoms with Gasteiger partial charge in [0, 0.05) is 19.0 Å². The zero-order valence-corrected chi connectivity index (χ0v) is 19.9. The molecule has 0 radical (unpaired) electrons. The maximum Gasteiger partial charge on any atom is 0.407 e. The summed E-state index contributed by atoms with van der Waals surface area (Å²) in [6.45, 7) is 0.611. The molecule has 9 nitrogen and oxygen atoms in total. The average molecular weight is 482 g/mol. The molecule has 0 saturated carbocycles. The summed E-state index contributed by atoms with van der Waals surface area (Å²) < 4.78 is 11.3. The maximum atomic E-state index is 12.4. The summed E-state index contributed by atoms with van der Waals surface area (Å²) in [6.07, 6.45) is -0.596. The van der Waals surface area contributed by atoms with Crippen LogP contribution in [-0.2, 0) is 19.1 Å². The van der Waals surface area contributed by atoms with Gasteiger partial charge in [0.25, 0.3) is 0 Å². The molecule has 2 unspecified atom stereocenters. The highest BCUT2D eigenvalue weighted by molar-refractivity contribution is 5.86. The van der Waals surface area contributed by atoms with Gasteiger partial charge in [-0.1, -0.05) is 48.5 Å². The summed E-state index contributed by atoms with van der Waals surface area (Å²) in [5.74, 6) is -1.57. The molecule has 186 valence electrons. The number of carbonyl (C=O) groups is 3. The number of amides is 2. The molecule has 4 rings (SSSR count). The first-order valence-electron chi connectivity index (χ1n) is 11.8. The number of carboxylic acid groups (broad SMARTS) is 1. The Labute approximate surface area is 204 Å². The van der Waals surface area contributed by atoms with Crippen molar-refractivity contribution >= 4 is 18.0 Å². The normalized spacial score (nSPS) is 19.6. The van der Waals surface area contributed by atoms with Crippen LogP contribution >= 0.6 is 0 Å². The van der Waals surface area contributed by atoms with Crippen molar-refractivity contribution in [3.05, 3.63) is 59.7 Å². The molecule has 2 aliphatic rings. The number of rotatable bonds is 9. The first-order valence-corrected chi connectivity index (χ1v) is 11.8. The van der Waals surface area contributed by atoms with Gasteiger partial charge in [0.05, 0.1) is 6.10 Å². The van der Waals surface area contributed by atoms with E-state index in [0.717, 1.165) is 22.3 Å². The van der Waals surface area contributed by atoms with E-state index in [1.165, 1.54) is 0 Å². The second-order valence-corrected chi connectivity index (χ2v) is 9.19. The second-order valence-electron chi connectivity index (χ2n) is 9.19. The molecule has 0 spiro atoms. The largest absolute Gasteiger partial charge is 0.480 e. The fourth-order valence-corrected chi connectivity index (χ4v) is 4.71. The minimum absolute atomic E-state index is 0.0201. The molecule has 35 heavy (non-hydrogen) atoms. The first-order chi connectivity index (χ1) is 16.8. The first kappa shape index (κ1) is 24.7. The molecule has 0 bridgehead atoms. The smallest absolute Gasteiger partial charge is 0.407 e. The Balaban J connectivity index is 1.24. The van der Waals surface area contributed by atoms with Gasteiger partial charge in [-0.05, 0) is 49.2 Å². The number of aliphatic carboxylic acids is 1. The molecule has 2 aromatic rings. The Morgan fingerprint density at radius 1 is 1.06 bits per heavy atom. The van der Waals surface area contributed by atoms with Gasteiger partial charge in [0.15, 0.2) is 0 Å². The number of ether oxygens (including phenoxy) is 2. The lowest BCUT2D eigenvalue weighted by Crippen LogP contribution is -2.50. The van der Waals surface area contributed by atoms with E-state index in [1.54, 1.807) is 19.0 Å². The fraction of sp³-hybridized carbons (Fsp3) is 0.423. The van der Waals surface area contributed by atoms with E-state index in [1.807, 2.05) is 24.3 Å². The van der Waals surface area contributed by atoms with Gasteiger partial charge >= 0.3 is 12.1 Å². The number of hydrogen-bond acceptors (Lipinski definition) is 6. The molecule has 1 saturated heterocycles. The molecule has 1 fully saturated rings. The van der Waals surface area contributed by atoms with Crippen LogP contribution < -0.4 is 10.6 Å². The summed E-state index contributed by atoms with van der Waals surface area (Å²) in [6, 6.07) is 15.3. The second kappa shape index (κ2) is 10.9. The lowest BCUT2D eigenvalue weighted by atomic mass is 9.98. The topological polar surface area (TPSA) is 117 Å². The van der Waals surface area contributed by atoms with Crippen molar-refractivity contribution in [2.24, 2.45) is 0 Å². The Hall–Kier alpha value is -3.43. The van der Waals surface area contributed by atoms with Crippen LogP contribution in [0.25, 0.3) is 11.1 Å². The highest BCUT2D eigenvalue weighted by atomic mass is 16.5. The molecular weight excluding hydrogens is 450 g/mol. The average Bonchev–Trinajstić information content (AvgIpc) is 3.44. The lowest BCUT2D eigenvalue weighted by Gasteiger charge is -2.21. The molecule has 1 aliphatic heterocycles. The highest BCUT2D eigenvalue weighted by Gasteiger charge is 2.34. The van der Waals surface area contributed by atoms with Gasteiger partial charge < -0.3 is 30.1 Å². The van der Waals surface area contributed by atoms with Crippen LogP contribution in [0.3, 0.4) is 0 Å². The van der Waals surface area contributed by atoms with Crippen LogP contribution in [-0.4, -0.2) is 80.0 Å². The molecular formula is C26H31N3O6. The lowest BCUT2D eigenvalue weighted by molar-refractivity contribution is -0.144. The Morgan fingerprint density at radius 2 is 1.69 bits per heavy atom. The van der Waals surface area contributed by atoms with Crippen molar-refractivity contribution in [3.8, 4) is 11.1 Å². The molecule has 1 aliphatic carbocycles. The fourth-order valence-electron chi connectivity index (χ4n) is 4.71. The van der Waals surface area contributed by atoms with Crippen LogP contribution in [0.15, 0.2) is 48.5 Å². The summed E-state index contributed by atoms with van der Waals surface area (Å²) in [4.78, 5) is 37.9.